The van der Waals surface area contributed by atoms with Gasteiger partial charge in [-0.15, -0.1) is 0 Å². The Balaban J connectivity index is 0.000000241. The molecule has 4 fully saturated rings. The van der Waals surface area contributed by atoms with Crippen LogP contribution in [0.3, 0.4) is 0 Å². The van der Waals surface area contributed by atoms with Gasteiger partial charge in [-0.25, -0.2) is 9.59 Å². The molecular weight excluding hydrogens is 1300 g/mol. The molecular formula is C79H89N11O8S2. The highest BCUT2D eigenvalue weighted by molar-refractivity contribution is 7.59. The Bertz CT molecular complexity index is 4330. The first-order valence-corrected chi connectivity index (χ1v) is 34.6. The molecule has 0 unspecified atom stereocenters. The number of rotatable bonds is 19. The minimum atomic E-state index is -0.979. The van der Waals surface area contributed by atoms with Gasteiger partial charge in [0.15, 0.2) is 5.78 Å². The van der Waals surface area contributed by atoms with E-state index >= 15 is 0 Å². The second-order valence-corrected chi connectivity index (χ2v) is 26.8. The molecule has 5 aliphatic heterocycles. The van der Waals surface area contributed by atoms with Crippen molar-refractivity contribution < 1.29 is 38.2 Å². The number of ketones is 1. The van der Waals surface area contributed by atoms with Crippen LogP contribution < -0.4 is 26.6 Å². The lowest BCUT2D eigenvalue weighted by molar-refractivity contribution is -0.139. The van der Waals surface area contributed by atoms with Gasteiger partial charge in [-0.3, -0.25) is 29.3 Å². The Morgan fingerprint density at radius 2 is 1.22 bits per heavy atom. The Morgan fingerprint density at radius 1 is 0.600 bits per heavy atom. The standard InChI is InChI=1S/C52H56N6O7.C27H29N5O.2H2S/c1-32(2)64-51(62)55-47(37-13-7-5-8-14-37)49(60)57-25-11-17-44(57)43-30-40(31-53-43)35-20-22-36(23-21-35)42-29-39-27-34(19-24-41(39)54-42)28-46(59)45-18-12-26-58(45)50(61)48(38-15-9-6-10-16-38)56-52(63)65-33(3)4;33-27(24-4-2-12-29-24)30-22-10-9-19-13-20(14-21(19)15-22)17-5-7-18(8-6-17)25-16-26(32-31-25)23-3-1-11-28-23;;/h5-10,13-16,19-24,27,29-30,32-33,44-45,47-48,54H,11-12,17-18,25-26,28,31H2,1-4H3,(H,55,62)(H,56,63);5-10,14-16,23-24,28-29H,1-4,11-13H2,(H,30,33)(H,31,32);2*1H2/t44-,45-,47+,48+;23-,24-;;/m00../s1. The fraction of sp³-hybridized carbons (Fsp3) is 0.342. The number of fused-ring (bicyclic) bond motifs is 2. The predicted octanol–water partition coefficient (Wildman–Crippen LogP) is 13.0. The van der Waals surface area contributed by atoms with E-state index < -0.39 is 30.3 Å². The number of aromatic nitrogens is 3. The number of nitrogens with zero attached hydrogens (tertiary/aromatic N) is 4. The zero-order valence-electron chi connectivity index (χ0n) is 56.9. The van der Waals surface area contributed by atoms with Crippen molar-refractivity contribution in [2.24, 2.45) is 4.99 Å². The molecule has 100 heavy (non-hydrogen) atoms. The average Bonchev–Trinajstić information content (AvgIpc) is 1.63. The molecule has 6 aromatic carbocycles. The van der Waals surface area contributed by atoms with E-state index in [0.29, 0.717) is 49.6 Å². The lowest BCUT2D eigenvalue weighted by Crippen LogP contribution is -2.48. The Hall–Kier alpha value is -9.54. The number of aliphatic imine (C=N–C) groups is 1. The van der Waals surface area contributed by atoms with E-state index in [4.69, 9.17) is 14.5 Å². The van der Waals surface area contributed by atoms with Gasteiger partial charge in [0.1, 0.15) is 12.1 Å². The van der Waals surface area contributed by atoms with E-state index in [-0.39, 0.29) is 81.2 Å². The van der Waals surface area contributed by atoms with Crippen LogP contribution >= 0.6 is 27.0 Å². The topological polar surface area (TPSA) is 244 Å². The predicted molar refractivity (Wildman–Crippen MR) is 403 cm³/mol. The van der Waals surface area contributed by atoms with Crippen molar-refractivity contribution in [2.75, 3.05) is 38.0 Å². The molecule has 14 rings (SSSR count). The number of likely N-dealkylation sites (tertiary alicyclic amines) is 2. The number of anilines is 1. The summed E-state index contributed by atoms with van der Waals surface area (Å²) in [5.41, 5.74) is 17.2. The summed E-state index contributed by atoms with van der Waals surface area (Å²) in [4.78, 5) is 91.7. The monoisotopic (exact) mass is 1380 g/mol. The number of ether oxygens (including phenoxy) is 2. The van der Waals surface area contributed by atoms with Crippen LogP contribution in [-0.4, -0.2) is 129 Å². The first-order chi connectivity index (χ1) is 47.6. The summed E-state index contributed by atoms with van der Waals surface area (Å²) in [6.07, 6.45) is 10.6. The molecule has 4 saturated heterocycles. The van der Waals surface area contributed by atoms with Gasteiger partial charge >= 0.3 is 12.2 Å². The van der Waals surface area contributed by atoms with Gasteiger partial charge < -0.3 is 50.8 Å². The summed E-state index contributed by atoms with van der Waals surface area (Å²) >= 11 is 0. The fourth-order valence-corrected chi connectivity index (χ4v) is 14.3. The normalized spacial score (nSPS) is 18.9. The lowest BCUT2D eigenvalue weighted by Gasteiger charge is -2.29. The molecule has 5 amide bonds. The number of benzene rings is 6. The van der Waals surface area contributed by atoms with Gasteiger partial charge in [-0.2, -0.15) is 32.1 Å². The van der Waals surface area contributed by atoms with Crippen molar-refractivity contribution in [3.8, 4) is 22.5 Å². The van der Waals surface area contributed by atoms with Crippen LogP contribution in [0.1, 0.15) is 142 Å². The molecule has 0 bridgehead atoms. The SMILES string of the molecule is CC(C)OC(=O)N[C@@H](C(=O)N1CCC[C@H]1C(=O)Cc1ccc2[nH]c(-c3ccc(C4=CC([C@@H]5CCCN5C(=O)[C@H](NC(=O)OC(C)C)c5ccccc5)=NC4)cc3)cc2c1)c1ccccc1.O=C(Nc1ccc2c(c1)C=C(c1ccc(-c3cc([C@@H]4CCCN4)[nH]n3)cc1)C2)[C@@H]1CCCN1.S.S. The van der Waals surface area contributed by atoms with Crippen LogP contribution in [0, 0.1) is 0 Å². The van der Waals surface area contributed by atoms with Crippen LogP contribution in [0.15, 0.2) is 169 Å². The zero-order chi connectivity index (χ0) is 67.8. The van der Waals surface area contributed by atoms with Gasteiger partial charge in [-0.1, -0.05) is 127 Å². The molecule has 0 spiro atoms. The maximum atomic E-state index is 14.1. The number of hydrogen-bond acceptors (Lipinski definition) is 12. The highest BCUT2D eigenvalue weighted by Gasteiger charge is 2.40. The van der Waals surface area contributed by atoms with Crippen molar-refractivity contribution in [1.29, 1.82) is 0 Å². The third-order valence-electron chi connectivity index (χ3n) is 19.2. The number of H-pyrrole nitrogens is 2. The first-order valence-electron chi connectivity index (χ1n) is 34.6. The van der Waals surface area contributed by atoms with E-state index in [1.54, 1.807) is 44.7 Å². The summed E-state index contributed by atoms with van der Waals surface area (Å²) in [5.74, 6) is -0.500. The minimum Gasteiger partial charge on any atom is -0.447 e. The fourth-order valence-electron chi connectivity index (χ4n) is 14.3. The second kappa shape index (κ2) is 32.6. The van der Waals surface area contributed by atoms with E-state index in [1.807, 2.05) is 77.7 Å². The van der Waals surface area contributed by atoms with Crippen LogP contribution in [0.2, 0.25) is 0 Å². The third kappa shape index (κ3) is 16.8. The number of allylic oxidation sites excluding steroid dienone is 1. The molecule has 0 radical (unpaired) electrons. The quantitative estimate of drug-likeness (QED) is 0.0401. The van der Waals surface area contributed by atoms with E-state index in [0.717, 1.165) is 113 Å². The summed E-state index contributed by atoms with van der Waals surface area (Å²) < 4.78 is 10.6. The Labute approximate surface area is 597 Å². The van der Waals surface area contributed by atoms with Crippen molar-refractivity contribution >= 4 is 102 Å². The smallest absolute Gasteiger partial charge is 0.408 e. The highest BCUT2D eigenvalue weighted by Crippen LogP contribution is 2.37. The van der Waals surface area contributed by atoms with Gasteiger partial charge in [0, 0.05) is 53.4 Å². The molecule has 6 atom stereocenters. The third-order valence-corrected chi connectivity index (χ3v) is 19.2. The van der Waals surface area contributed by atoms with Crippen LogP contribution in [-0.2, 0) is 41.5 Å². The van der Waals surface area contributed by atoms with Crippen LogP contribution in [0.4, 0.5) is 15.3 Å². The zero-order valence-corrected chi connectivity index (χ0v) is 58.9. The van der Waals surface area contributed by atoms with Crippen molar-refractivity contribution in [3.63, 3.8) is 0 Å². The van der Waals surface area contributed by atoms with Crippen molar-refractivity contribution in [2.45, 2.75) is 140 Å². The maximum Gasteiger partial charge on any atom is 0.408 e. The average molecular weight is 1380 g/mol. The Morgan fingerprint density at radius 3 is 1.87 bits per heavy atom. The number of aromatic amines is 2. The maximum absolute atomic E-state index is 14.1. The number of Topliss-reactive ketones (excluding diaryl/α,β-unsaturated/α-hetero) is 1. The molecule has 6 aliphatic rings. The lowest BCUT2D eigenvalue weighted by atomic mass is 9.99. The van der Waals surface area contributed by atoms with Gasteiger partial charge in [-0.05, 0) is 197 Å². The molecule has 2 aromatic heterocycles. The summed E-state index contributed by atoms with van der Waals surface area (Å²) in [7, 11) is 0. The molecule has 7 heterocycles. The second-order valence-electron chi connectivity index (χ2n) is 26.8. The summed E-state index contributed by atoms with van der Waals surface area (Å²) in [6, 6.07) is 49.4. The molecule has 8 aromatic rings. The van der Waals surface area contributed by atoms with Gasteiger partial charge in [0.05, 0.1) is 54.0 Å². The molecule has 1 aliphatic carbocycles. The number of alkyl carbamates (subject to hydrolysis) is 2. The van der Waals surface area contributed by atoms with E-state index in [1.165, 1.54) is 34.4 Å². The number of nitrogens with one attached hydrogen (secondary N) is 7. The molecule has 520 valence electrons. The van der Waals surface area contributed by atoms with Gasteiger partial charge in [0.25, 0.3) is 5.91 Å². The summed E-state index contributed by atoms with van der Waals surface area (Å²) in [6.45, 7) is 10.5. The number of carbonyl (C=O) groups is 6. The minimum absolute atomic E-state index is 0. The highest BCUT2D eigenvalue weighted by atomic mass is 32.1. The first kappa shape index (κ1) is 71.7. The number of amides is 5. The van der Waals surface area contributed by atoms with Crippen molar-refractivity contribution in [3.05, 3.63) is 208 Å². The number of hydrogen-bond donors (Lipinski definition) is 7. The largest absolute Gasteiger partial charge is 0.447 e. The molecule has 7 N–H and O–H groups in total. The van der Waals surface area contributed by atoms with E-state index in [9.17, 15) is 28.8 Å². The molecule has 21 heteroatoms. The molecule has 19 nitrogen and oxygen atoms in total. The Kier molecular flexibility index (Phi) is 23.4. The van der Waals surface area contributed by atoms with E-state index in [2.05, 4.69) is 127 Å². The number of carbonyl (C=O) groups excluding carboxylic acids is 6. The van der Waals surface area contributed by atoms with Crippen LogP contribution in [0.25, 0.3) is 50.6 Å². The molecule has 0 saturated carbocycles. The van der Waals surface area contributed by atoms with Crippen molar-refractivity contribution in [1.82, 2.24) is 46.2 Å². The van der Waals surface area contributed by atoms with Crippen LogP contribution in [0.5, 0.6) is 0 Å². The summed E-state index contributed by atoms with van der Waals surface area (Å²) in [5, 5.41) is 24.1. The van der Waals surface area contributed by atoms with Gasteiger partial charge in [0.2, 0.25) is 11.8 Å².